The molecule has 2 nitrogen and oxygen atoms in total. The Morgan fingerprint density at radius 3 is 2.59 bits per heavy atom. The number of benzene rings is 1. The van der Waals surface area contributed by atoms with Crippen LogP contribution in [0.2, 0.25) is 0 Å². The van der Waals surface area contributed by atoms with E-state index in [1.807, 2.05) is 0 Å². The lowest BCUT2D eigenvalue weighted by molar-refractivity contribution is -0.137. The minimum absolute atomic E-state index is 0.0384. The highest BCUT2D eigenvalue weighted by Gasteiger charge is 2.33. The fourth-order valence-corrected chi connectivity index (χ4v) is 2.08. The van der Waals surface area contributed by atoms with Crippen molar-refractivity contribution in [3.05, 3.63) is 34.9 Å². The Balaban J connectivity index is 2.46. The molecule has 0 aliphatic carbocycles. The number of fused-ring (bicyclic) bond motifs is 1. The molecule has 1 N–H and O–H groups in total. The van der Waals surface area contributed by atoms with E-state index in [0.717, 1.165) is 11.6 Å². The lowest BCUT2D eigenvalue weighted by Crippen LogP contribution is -2.28. The normalized spacial score (nSPS) is 24.5. The van der Waals surface area contributed by atoms with E-state index in [1.165, 1.54) is 6.07 Å². The van der Waals surface area contributed by atoms with Crippen LogP contribution in [0, 0.1) is 0 Å². The highest BCUT2D eigenvalue weighted by Crippen LogP contribution is 2.37. The van der Waals surface area contributed by atoms with Gasteiger partial charge < -0.3 is 10.1 Å². The molecule has 0 saturated carbocycles. The van der Waals surface area contributed by atoms with Crippen LogP contribution in [0.3, 0.4) is 0 Å². The van der Waals surface area contributed by atoms with Gasteiger partial charge in [0.25, 0.3) is 0 Å². The third kappa shape index (κ3) is 2.30. The van der Waals surface area contributed by atoms with Gasteiger partial charge in [-0.25, -0.2) is 0 Å². The molecule has 0 fully saturated rings. The van der Waals surface area contributed by atoms with Crippen LogP contribution < -0.4 is 5.32 Å². The lowest BCUT2D eigenvalue weighted by Gasteiger charge is -2.30. The first-order valence-electron chi connectivity index (χ1n) is 5.43. The first kappa shape index (κ1) is 12.4. The summed E-state index contributed by atoms with van der Waals surface area (Å²) in [4.78, 5) is 0. The Morgan fingerprint density at radius 2 is 2.00 bits per heavy atom. The molecule has 0 unspecified atom stereocenters. The van der Waals surface area contributed by atoms with E-state index in [4.69, 9.17) is 4.74 Å². The fourth-order valence-electron chi connectivity index (χ4n) is 2.08. The summed E-state index contributed by atoms with van der Waals surface area (Å²) in [6, 6.07) is 3.81. The van der Waals surface area contributed by atoms with E-state index < -0.39 is 11.7 Å². The monoisotopic (exact) mass is 245 g/mol. The first-order chi connectivity index (χ1) is 7.93. The third-order valence-corrected chi connectivity index (χ3v) is 3.09. The standard InChI is InChI=1S/C12H14F3NO/c1-7-10-5-8(12(13,14)15)3-4-9(10)11(16-2)6-17-7/h3-5,7,11,16H,6H2,1-2H3/t7-,11-/m1/s1. The van der Waals surface area contributed by atoms with Crippen LogP contribution in [0.25, 0.3) is 0 Å². The zero-order chi connectivity index (χ0) is 12.6. The zero-order valence-corrected chi connectivity index (χ0v) is 9.64. The van der Waals surface area contributed by atoms with Gasteiger partial charge in [0.2, 0.25) is 0 Å². The number of rotatable bonds is 1. The SMILES string of the molecule is CN[C@@H]1CO[C@H](C)c2cc(C(F)(F)F)ccc21. The lowest BCUT2D eigenvalue weighted by atomic mass is 9.93. The van der Waals surface area contributed by atoms with Crippen LogP contribution in [0.15, 0.2) is 18.2 Å². The molecule has 5 heteroatoms. The second-order valence-corrected chi connectivity index (χ2v) is 4.16. The Morgan fingerprint density at radius 1 is 1.29 bits per heavy atom. The molecule has 0 spiro atoms. The van der Waals surface area contributed by atoms with Gasteiger partial charge in [-0.2, -0.15) is 13.2 Å². The van der Waals surface area contributed by atoms with Gasteiger partial charge in [0, 0.05) is 0 Å². The number of hydrogen-bond acceptors (Lipinski definition) is 2. The van der Waals surface area contributed by atoms with Gasteiger partial charge in [0.05, 0.1) is 24.3 Å². The van der Waals surface area contributed by atoms with Crippen LogP contribution in [0.4, 0.5) is 13.2 Å². The topological polar surface area (TPSA) is 21.3 Å². The summed E-state index contributed by atoms with van der Waals surface area (Å²) in [5.41, 5.74) is 0.883. The van der Waals surface area contributed by atoms with Gasteiger partial charge in [-0.05, 0) is 37.2 Å². The number of hydrogen-bond donors (Lipinski definition) is 1. The molecule has 0 amide bonds. The van der Waals surface area contributed by atoms with Crippen LogP contribution in [0.1, 0.15) is 35.8 Å². The summed E-state index contributed by atoms with van der Waals surface area (Å²) < 4.78 is 43.3. The van der Waals surface area contributed by atoms with Crippen molar-refractivity contribution in [2.45, 2.75) is 25.2 Å². The van der Waals surface area contributed by atoms with Crippen molar-refractivity contribution < 1.29 is 17.9 Å². The maximum Gasteiger partial charge on any atom is 0.416 e. The van der Waals surface area contributed by atoms with Crippen molar-refractivity contribution in [3.63, 3.8) is 0 Å². The van der Waals surface area contributed by atoms with Crippen LogP contribution >= 0.6 is 0 Å². The number of likely N-dealkylation sites (N-methyl/N-ethyl adjacent to an activating group) is 1. The van der Waals surface area contributed by atoms with Crippen molar-refractivity contribution in [2.75, 3.05) is 13.7 Å². The summed E-state index contributed by atoms with van der Waals surface area (Å²) in [6.45, 7) is 2.25. The molecule has 1 aliphatic heterocycles. The Bertz CT molecular complexity index is 417. The Labute approximate surface area is 97.8 Å². The molecule has 0 bridgehead atoms. The molecule has 1 aliphatic rings. The number of ether oxygens (including phenoxy) is 1. The van der Waals surface area contributed by atoms with Crippen molar-refractivity contribution in [1.29, 1.82) is 0 Å². The largest absolute Gasteiger partial charge is 0.416 e. The van der Waals surface area contributed by atoms with Crippen molar-refractivity contribution >= 4 is 0 Å². The molecule has 94 valence electrons. The summed E-state index contributed by atoms with van der Waals surface area (Å²) >= 11 is 0. The number of alkyl halides is 3. The second-order valence-electron chi connectivity index (χ2n) is 4.16. The molecule has 0 radical (unpaired) electrons. The molecule has 17 heavy (non-hydrogen) atoms. The first-order valence-corrected chi connectivity index (χ1v) is 5.43. The van der Waals surface area contributed by atoms with Gasteiger partial charge in [0.1, 0.15) is 0 Å². The summed E-state index contributed by atoms with van der Waals surface area (Å²) in [5, 5.41) is 3.03. The molecule has 1 aromatic carbocycles. The van der Waals surface area contributed by atoms with Gasteiger partial charge in [0.15, 0.2) is 0 Å². The van der Waals surface area contributed by atoms with Gasteiger partial charge >= 0.3 is 6.18 Å². The predicted molar refractivity (Wildman–Crippen MR) is 57.6 cm³/mol. The predicted octanol–water partition coefficient (Wildman–Crippen LogP) is 3.06. The highest BCUT2D eigenvalue weighted by molar-refractivity contribution is 5.38. The van der Waals surface area contributed by atoms with Crippen molar-refractivity contribution in [1.82, 2.24) is 5.32 Å². The van der Waals surface area contributed by atoms with E-state index in [2.05, 4.69) is 5.32 Å². The Kier molecular flexibility index (Phi) is 3.14. The summed E-state index contributed by atoms with van der Waals surface area (Å²) in [5.74, 6) is 0. The van der Waals surface area contributed by atoms with Gasteiger partial charge in [-0.3, -0.25) is 0 Å². The van der Waals surface area contributed by atoms with Crippen molar-refractivity contribution in [3.8, 4) is 0 Å². The Hall–Kier alpha value is -1.07. The molecule has 1 aromatic rings. The van der Waals surface area contributed by atoms with Gasteiger partial charge in [-0.15, -0.1) is 0 Å². The maximum atomic E-state index is 12.6. The molecular weight excluding hydrogens is 231 g/mol. The quantitative estimate of drug-likeness (QED) is 0.821. The summed E-state index contributed by atoms with van der Waals surface area (Å²) in [7, 11) is 1.77. The molecule has 0 aromatic heterocycles. The van der Waals surface area contributed by atoms with E-state index >= 15 is 0 Å². The molecule has 0 saturated heterocycles. The second kappa shape index (κ2) is 4.31. The average Bonchev–Trinajstić information content (AvgIpc) is 2.28. The fraction of sp³-hybridized carbons (Fsp3) is 0.500. The summed E-state index contributed by atoms with van der Waals surface area (Å²) in [6.07, 6.45) is -4.60. The molecule has 1 heterocycles. The van der Waals surface area contributed by atoms with Crippen LogP contribution in [0.5, 0.6) is 0 Å². The smallest absolute Gasteiger partial charge is 0.372 e. The van der Waals surface area contributed by atoms with Gasteiger partial charge in [-0.1, -0.05) is 6.07 Å². The zero-order valence-electron chi connectivity index (χ0n) is 9.64. The van der Waals surface area contributed by atoms with Crippen LogP contribution in [-0.2, 0) is 10.9 Å². The highest BCUT2D eigenvalue weighted by atomic mass is 19.4. The molecule has 2 rings (SSSR count). The number of nitrogens with one attached hydrogen (secondary N) is 1. The maximum absolute atomic E-state index is 12.6. The van der Waals surface area contributed by atoms with Crippen molar-refractivity contribution in [2.24, 2.45) is 0 Å². The molecule has 2 atom stereocenters. The minimum atomic E-state index is -4.30. The third-order valence-electron chi connectivity index (χ3n) is 3.09. The van der Waals surface area contributed by atoms with E-state index in [0.29, 0.717) is 12.2 Å². The van der Waals surface area contributed by atoms with E-state index in [-0.39, 0.29) is 12.1 Å². The average molecular weight is 245 g/mol. The molecular formula is C12H14F3NO. The van der Waals surface area contributed by atoms with Crippen LogP contribution in [-0.4, -0.2) is 13.7 Å². The number of halogens is 3. The van der Waals surface area contributed by atoms with E-state index in [9.17, 15) is 13.2 Å². The minimum Gasteiger partial charge on any atom is -0.372 e. The van der Waals surface area contributed by atoms with E-state index in [1.54, 1.807) is 20.0 Å².